The van der Waals surface area contributed by atoms with Crippen molar-refractivity contribution >= 4 is 5.91 Å². The monoisotopic (exact) mass is 342 g/mol. The maximum Gasteiger partial charge on any atom is 0.223 e. The van der Waals surface area contributed by atoms with Gasteiger partial charge in [-0.3, -0.25) is 9.69 Å². The van der Waals surface area contributed by atoms with Crippen LogP contribution in [0.15, 0.2) is 47.1 Å². The molecule has 0 bridgehead atoms. The van der Waals surface area contributed by atoms with E-state index < -0.39 is 0 Å². The lowest BCUT2D eigenvalue weighted by atomic mass is 9.84. The van der Waals surface area contributed by atoms with Crippen molar-refractivity contribution in [3.05, 3.63) is 59.8 Å². The van der Waals surface area contributed by atoms with Crippen molar-refractivity contribution in [2.75, 3.05) is 13.1 Å². The van der Waals surface area contributed by atoms with E-state index in [1.807, 2.05) is 23.1 Å². The SMILES string of the molecule is O=C1CCC2(CCN(Cc3ccco3)CC2)N1Cc1ccccc1F. The number of benzene rings is 1. The highest BCUT2D eigenvalue weighted by atomic mass is 19.1. The molecule has 2 fully saturated rings. The summed E-state index contributed by atoms with van der Waals surface area (Å²) in [6.07, 6.45) is 5.04. The minimum Gasteiger partial charge on any atom is -0.468 e. The molecule has 2 aliphatic heterocycles. The molecule has 0 aliphatic carbocycles. The molecular weight excluding hydrogens is 319 g/mol. The Hall–Kier alpha value is -2.14. The molecule has 0 unspecified atom stereocenters. The number of furan rings is 1. The first-order valence-corrected chi connectivity index (χ1v) is 8.95. The third-order valence-corrected chi connectivity index (χ3v) is 5.71. The van der Waals surface area contributed by atoms with Crippen LogP contribution in [-0.4, -0.2) is 34.3 Å². The van der Waals surface area contributed by atoms with Crippen molar-refractivity contribution in [3.63, 3.8) is 0 Å². The Bertz CT molecular complexity index is 736. The highest BCUT2D eigenvalue weighted by molar-refractivity contribution is 5.79. The number of carbonyl (C=O) groups excluding carboxylic acids is 1. The fraction of sp³-hybridized carbons (Fsp3) is 0.450. The van der Waals surface area contributed by atoms with Gasteiger partial charge in [-0.05, 0) is 37.5 Å². The molecule has 2 aliphatic rings. The molecule has 132 valence electrons. The molecule has 1 aromatic carbocycles. The van der Waals surface area contributed by atoms with E-state index in [0.29, 0.717) is 18.5 Å². The Labute approximate surface area is 147 Å². The Morgan fingerprint density at radius 1 is 1.04 bits per heavy atom. The van der Waals surface area contributed by atoms with Crippen LogP contribution in [0.5, 0.6) is 0 Å². The van der Waals surface area contributed by atoms with Gasteiger partial charge >= 0.3 is 0 Å². The number of rotatable bonds is 4. The Morgan fingerprint density at radius 3 is 2.56 bits per heavy atom. The summed E-state index contributed by atoms with van der Waals surface area (Å²) in [5.74, 6) is 0.900. The Balaban J connectivity index is 1.45. The molecule has 0 N–H and O–H groups in total. The second-order valence-corrected chi connectivity index (χ2v) is 7.15. The number of halogens is 1. The maximum atomic E-state index is 14.0. The Kier molecular flexibility index (Phi) is 4.34. The number of likely N-dealkylation sites (tertiary alicyclic amines) is 2. The van der Waals surface area contributed by atoms with E-state index in [0.717, 1.165) is 44.7 Å². The quantitative estimate of drug-likeness (QED) is 0.852. The van der Waals surface area contributed by atoms with Crippen LogP contribution in [-0.2, 0) is 17.9 Å². The zero-order chi connectivity index (χ0) is 17.3. The minimum atomic E-state index is -0.229. The summed E-state index contributed by atoms with van der Waals surface area (Å²) in [5.41, 5.74) is 0.495. The average Bonchev–Trinajstić information content (AvgIpc) is 3.23. The van der Waals surface area contributed by atoms with E-state index in [1.54, 1.807) is 18.4 Å². The summed E-state index contributed by atoms with van der Waals surface area (Å²) < 4.78 is 19.5. The first-order valence-electron chi connectivity index (χ1n) is 8.95. The van der Waals surface area contributed by atoms with Crippen LogP contribution in [0.2, 0.25) is 0 Å². The molecule has 1 aromatic heterocycles. The van der Waals surface area contributed by atoms with Crippen LogP contribution in [0.25, 0.3) is 0 Å². The topological polar surface area (TPSA) is 36.7 Å². The molecule has 5 heteroatoms. The summed E-state index contributed by atoms with van der Waals surface area (Å²) in [4.78, 5) is 16.8. The lowest BCUT2D eigenvalue weighted by Crippen LogP contribution is -2.52. The first kappa shape index (κ1) is 16.3. The van der Waals surface area contributed by atoms with Gasteiger partial charge in [-0.25, -0.2) is 4.39 Å². The smallest absolute Gasteiger partial charge is 0.223 e. The molecule has 4 rings (SSSR count). The van der Waals surface area contributed by atoms with E-state index in [-0.39, 0.29) is 17.3 Å². The van der Waals surface area contributed by atoms with Gasteiger partial charge in [0.1, 0.15) is 11.6 Å². The summed E-state index contributed by atoms with van der Waals surface area (Å²) >= 11 is 0. The van der Waals surface area contributed by atoms with Gasteiger partial charge in [0.25, 0.3) is 0 Å². The van der Waals surface area contributed by atoms with Gasteiger partial charge in [0, 0.05) is 37.2 Å². The highest BCUT2D eigenvalue weighted by Crippen LogP contribution is 2.40. The van der Waals surface area contributed by atoms with Crippen molar-refractivity contribution in [2.45, 2.75) is 44.3 Å². The Morgan fingerprint density at radius 2 is 1.84 bits per heavy atom. The van der Waals surface area contributed by atoms with Gasteiger partial charge in [-0.1, -0.05) is 18.2 Å². The van der Waals surface area contributed by atoms with Crippen molar-refractivity contribution in [2.24, 2.45) is 0 Å². The zero-order valence-corrected chi connectivity index (χ0v) is 14.3. The fourth-order valence-corrected chi connectivity index (χ4v) is 4.20. The largest absolute Gasteiger partial charge is 0.468 e. The van der Waals surface area contributed by atoms with E-state index in [9.17, 15) is 9.18 Å². The van der Waals surface area contributed by atoms with Crippen LogP contribution in [0.1, 0.15) is 37.0 Å². The lowest BCUT2D eigenvalue weighted by Gasteiger charge is -2.45. The molecule has 3 heterocycles. The molecule has 1 spiro atoms. The molecule has 1 amide bonds. The van der Waals surface area contributed by atoms with E-state index in [2.05, 4.69) is 4.90 Å². The van der Waals surface area contributed by atoms with Gasteiger partial charge in [0.2, 0.25) is 5.91 Å². The van der Waals surface area contributed by atoms with E-state index in [1.165, 1.54) is 6.07 Å². The number of nitrogens with zero attached hydrogens (tertiary/aromatic N) is 2. The molecule has 25 heavy (non-hydrogen) atoms. The van der Waals surface area contributed by atoms with Crippen LogP contribution >= 0.6 is 0 Å². The lowest BCUT2D eigenvalue weighted by molar-refractivity contribution is -0.133. The minimum absolute atomic E-state index is 0.112. The van der Waals surface area contributed by atoms with Gasteiger partial charge in [-0.15, -0.1) is 0 Å². The fourth-order valence-electron chi connectivity index (χ4n) is 4.20. The summed E-state index contributed by atoms with van der Waals surface area (Å²) in [6.45, 7) is 3.05. The molecule has 0 saturated carbocycles. The number of hydrogen-bond donors (Lipinski definition) is 0. The summed E-state index contributed by atoms with van der Waals surface area (Å²) in [6, 6.07) is 10.7. The number of piperidine rings is 1. The maximum absolute atomic E-state index is 14.0. The molecule has 2 aromatic rings. The number of carbonyl (C=O) groups is 1. The predicted molar refractivity (Wildman–Crippen MR) is 92.1 cm³/mol. The molecule has 0 radical (unpaired) electrons. The zero-order valence-electron chi connectivity index (χ0n) is 14.3. The third-order valence-electron chi connectivity index (χ3n) is 5.71. The van der Waals surface area contributed by atoms with Crippen molar-refractivity contribution in [3.8, 4) is 0 Å². The van der Waals surface area contributed by atoms with Crippen molar-refractivity contribution < 1.29 is 13.6 Å². The number of amides is 1. The van der Waals surface area contributed by atoms with E-state index in [4.69, 9.17) is 4.42 Å². The normalized spacial score (nSPS) is 20.5. The molecule has 2 saturated heterocycles. The van der Waals surface area contributed by atoms with Gasteiger partial charge in [-0.2, -0.15) is 0 Å². The second kappa shape index (κ2) is 6.64. The first-order chi connectivity index (χ1) is 12.2. The predicted octanol–water partition coefficient (Wildman–Crippen LogP) is 3.58. The van der Waals surface area contributed by atoms with Crippen LogP contribution < -0.4 is 0 Å². The second-order valence-electron chi connectivity index (χ2n) is 7.15. The van der Waals surface area contributed by atoms with Crippen LogP contribution in [0.4, 0.5) is 4.39 Å². The number of hydrogen-bond acceptors (Lipinski definition) is 3. The van der Waals surface area contributed by atoms with Crippen LogP contribution in [0, 0.1) is 5.82 Å². The summed E-state index contributed by atoms with van der Waals surface area (Å²) in [5, 5.41) is 0. The van der Waals surface area contributed by atoms with Crippen molar-refractivity contribution in [1.29, 1.82) is 0 Å². The third kappa shape index (κ3) is 3.21. The molecular formula is C20H23FN2O2. The highest BCUT2D eigenvalue weighted by Gasteiger charge is 2.46. The van der Waals surface area contributed by atoms with E-state index >= 15 is 0 Å². The van der Waals surface area contributed by atoms with Gasteiger partial charge in [0.05, 0.1) is 12.8 Å². The average molecular weight is 342 g/mol. The van der Waals surface area contributed by atoms with Gasteiger partial charge < -0.3 is 9.32 Å². The molecule has 4 nitrogen and oxygen atoms in total. The summed E-state index contributed by atoms with van der Waals surface area (Å²) in [7, 11) is 0. The standard InChI is InChI=1S/C20H23FN2O2/c21-18-6-2-1-4-16(18)14-23-19(24)7-8-20(23)9-11-22(12-10-20)15-17-5-3-13-25-17/h1-6,13H,7-12,14-15H2. The van der Waals surface area contributed by atoms with Crippen molar-refractivity contribution in [1.82, 2.24) is 9.80 Å². The van der Waals surface area contributed by atoms with Crippen LogP contribution in [0.3, 0.4) is 0 Å². The molecule has 0 atom stereocenters. The van der Waals surface area contributed by atoms with Gasteiger partial charge in [0.15, 0.2) is 0 Å².